The number of hydrogen-bond acceptors (Lipinski definition) is 4. The van der Waals surface area contributed by atoms with Crippen molar-refractivity contribution in [1.29, 1.82) is 0 Å². The molecule has 3 N–H and O–H groups in total. The number of amides is 1. The van der Waals surface area contributed by atoms with Crippen LogP contribution < -0.4 is 15.5 Å². The molecule has 1 amide bonds. The third kappa shape index (κ3) is 2.32. The van der Waals surface area contributed by atoms with E-state index in [1.165, 1.54) is 11.1 Å². The van der Waals surface area contributed by atoms with Gasteiger partial charge in [-0.1, -0.05) is 17.4 Å². The summed E-state index contributed by atoms with van der Waals surface area (Å²) in [7, 11) is 0. The summed E-state index contributed by atoms with van der Waals surface area (Å²) in [5, 5.41) is 6.19. The molecular formula is C16H13N3O2S. The zero-order chi connectivity index (χ0) is 15.1. The molecule has 0 atom stereocenters. The number of benzene rings is 2. The minimum absolute atomic E-state index is 0.112. The normalized spacial score (nSPS) is 13.3. The monoisotopic (exact) mass is 311 g/mol. The minimum atomic E-state index is -0.173. The molecule has 1 aliphatic rings. The molecule has 0 unspecified atom stereocenters. The molecule has 110 valence electrons. The Hall–Kier alpha value is -2.44. The number of hydrogen-bond donors (Lipinski definition) is 3. The second-order valence-electron chi connectivity index (χ2n) is 5.27. The molecule has 1 aromatic heterocycles. The molecule has 0 fully saturated rings. The number of carbonyl (C=O) groups is 1. The lowest BCUT2D eigenvalue weighted by Gasteiger charge is -2.07. The van der Waals surface area contributed by atoms with Crippen molar-refractivity contribution >= 4 is 33.1 Å². The zero-order valence-electron chi connectivity index (χ0n) is 11.6. The number of fused-ring (bicyclic) bond motifs is 2. The topological polar surface area (TPSA) is 74.0 Å². The van der Waals surface area contributed by atoms with Crippen molar-refractivity contribution in [2.75, 3.05) is 5.32 Å². The van der Waals surface area contributed by atoms with Crippen LogP contribution in [-0.4, -0.2) is 10.9 Å². The lowest BCUT2D eigenvalue weighted by Crippen LogP contribution is -2.11. The van der Waals surface area contributed by atoms with Gasteiger partial charge >= 0.3 is 4.87 Å². The maximum absolute atomic E-state index is 12.4. The van der Waals surface area contributed by atoms with Gasteiger partial charge in [-0.25, -0.2) is 0 Å². The van der Waals surface area contributed by atoms with Crippen molar-refractivity contribution in [1.82, 2.24) is 10.3 Å². The number of aromatic amines is 1. The Labute approximate surface area is 130 Å². The fraction of sp³-hybridized carbons (Fsp3) is 0.125. The maximum Gasteiger partial charge on any atom is 0.305 e. The number of carbonyl (C=O) groups excluding carboxylic acids is 1. The van der Waals surface area contributed by atoms with Crippen molar-refractivity contribution in [2.45, 2.75) is 13.1 Å². The first-order chi connectivity index (χ1) is 10.7. The second kappa shape index (κ2) is 5.08. The first kappa shape index (κ1) is 13.2. The molecule has 22 heavy (non-hydrogen) atoms. The number of aromatic nitrogens is 1. The van der Waals surface area contributed by atoms with Gasteiger partial charge in [-0.3, -0.25) is 9.59 Å². The van der Waals surface area contributed by atoms with Crippen molar-refractivity contribution < 1.29 is 4.79 Å². The smallest absolute Gasteiger partial charge is 0.305 e. The SMILES string of the molecule is O=C(Nc1ccc2c(c1)CNC2)c1ccc2[nH]c(=O)sc2c1. The van der Waals surface area contributed by atoms with Crippen LogP contribution in [-0.2, 0) is 13.1 Å². The summed E-state index contributed by atoms with van der Waals surface area (Å²) in [5.41, 5.74) is 4.58. The second-order valence-corrected chi connectivity index (χ2v) is 6.28. The van der Waals surface area contributed by atoms with E-state index in [0.717, 1.165) is 40.3 Å². The summed E-state index contributed by atoms with van der Waals surface area (Å²) in [5.74, 6) is -0.173. The number of thiazole rings is 1. The van der Waals surface area contributed by atoms with Crippen LogP contribution in [0.2, 0.25) is 0 Å². The Morgan fingerprint density at radius 2 is 1.95 bits per heavy atom. The molecule has 2 heterocycles. The fourth-order valence-corrected chi connectivity index (χ4v) is 3.44. The van der Waals surface area contributed by atoms with E-state index >= 15 is 0 Å². The zero-order valence-corrected chi connectivity index (χ0v) is 12.4. The highest BCUT2D eigenvalue weighted by molar-refractivity contribution is 7.16. The van der Waals surface area contributed by atoms with Crippen LogP contribution in [0, 0.1) is 0 Å². The Morgan fingerprint density at radius 3 is 2.86 bits per heavy atom. The summed E-state index contributed by atoms with van der Waals surface area (Å²) < 4.78 is 0.788. The van der Waals surface area contributed by atoms with Crippen LogP contribution in [0.1, 0.15) is 21.5 Å². The van der Waals surface area contributed by atoms with Gasteiger partial charge in [0, 0.05) is 24.3 Å². The van der Waals surface area contributed by atoms with Crippen LogP contribution in [0.15, 0.2) is 41.2 Å². The van der Waals surface area contributed by atoms with E-state index in [-0.39, 0.29) is 10.8 Å². The molecule has 0 saturated carbocycles. The first-order valence-corrected chi connectivity index (χ1v) is 7.77. The van der Waals surface area contributed by atoms with Crippen LogP contribution in [0.5, 0.6) is 0 Å². The Bertz CT molecular complexity index is 942. The maximum atomic E-state index is 12.4. The van der Waals surface area contributed by atoms with Crippen LogP contribution >= 0.6 is 11.3 Å². The number of anilines is 1. The summed E-state index contributed by atoms with van der Waals surface area (Å²) in [6.07, 6.45) is 0. The van der Waals surface area contributed by atoms with Crippen LogP contribution in [0.25, 0.3) is 10.2 Å². The van der Waals surface area contributed by atoms with Gasteiger partial charge in [0.25, 0.3) is 5.91 Å². The highest BCUT2D eigenvalue weighted by atomic mass is 32.1. The minimum Gasteiger partial charge on any atom is -0.322 e. The molecule has 0 bridgehead atoms. The molecule has 4 rings (SSSR count). The largest absolute Gasteiger partial charge is 0.322 e. The molecule has 5 nitrogen and oxygen atoms in total. The summed E-state index contributed by atoms with van der Waals surface area (Å²) in [4.78, 5) is 26.3. The van der Waals surface area contributed by atoms with Gasteiger partial charge in [0.15, 0.2) is 0 Å². The van der Waals surface area contributed by atoms with Gasteiger partial charge < -0.3 is 15.6 Å². The van der Waals surface area contributed by atoms with E-state index in [2.05, 4.69) is 15.6 Å². The molecule has 6 heteroatoms. The Morgan fingerprint density at radius 1 is 1.09 bits per heavy atom. The van der Waals surface area contributed by atoms with Crippen molar-refractivity contribution in [3.8, 4) is 0 Å². The highest BCUT2D eigenvalue weighted by Crippen LogP contribution is 2.21. The van der Waals surface area contributed by atoms with E-state index in [4.69, 9.17) is 0 Å². The average Bonchev–Trinajstić information content (AvgIpc) is 3.10. The van der Waals surface area contributed by atoms with Gasteiger partial charge in [0.2, 0.25) is 0 Å². The number of nitrogens with one attached hydrogen (secondary N) is 3. The first-order valence-electron chi connectivity index (χ1n) is 6.96. The van der Waals surface area contributed by atoms with Crippen molar-refractivity contribution in [2.24, 2.45) is 0 Å². The van der Waals surface area contributed by atoms with Crippen molar-refractivity contribution in [3.05, 3.63) is 62.8 Å². The molecular weight excluding hydrogens is 298 g/mol. The molecule has 0 saturated heterocycles. The fourth-order valence-electron chi connectivity index (χ4n) is 2.66. The predicted octanol–water partition coefficient (Wildman–Crippen LogP) is 2.45. The lowest BCUT2D eigenvalue weighted by atomic mass is 10.1. The standard InChI is InChI=1S/C16H13N3O2S/c20-15(9-2-4-13-14(6-9)22-16(21)19-13)18-12-3-1-10-7-17-8-11(10)5-12/h1-6,17H,7-8H2,(H,18,20)(H,19,21). The predicted molar refractivity (Wildman–Crippen MR) is 87.4 cm³/mol. The number of H-pyrrole nitrogens is 1. The van der Waals surface area contributed by atoms with Gasteiger partial charge in [0.1, 0.15) is 0 Å². The van der Waals surface area contributed by atoms with E-state index in [1.54, 1.807) is 18.2 Å². The molecule has 3 aromatic rings. The molecule has 0 radical (unpaired) electrons. The third-order valence-corrected chi connectivity index (χ3v) is 4.62. The average molecular weight is 311 g/mol. The van der Waals surface area contributed by atoms with Crippen molar-refractivity contribution in [3.63, 3.8) is 0 Å². The molecule has 1 aliphatic heterocycles. The number of rotatable bonds is 2. The van der Waals surface area contributed by atoms with Gasteiger partial charge in [-0.15, -0.1) is 0 Å². The van der Waals surface area contributed by atoms with E-state index < -0.39 is 0 Å². The van der Waals surface area contributed by atoms with Gasteiger partial charge in [-0.05, 0) is 41.5 Å². The molecule has 0 aliphatic carbocycles. The highest BCUT2D eigenvalue weighted by Gasteiger charge is 2.12. The van der Waals surface area contributed by atoms with E-state index in [0.29, 0.717) is 5.56 Å². The lowest BCUT2D eigenvalue weighted by molar-refractivity contribution is 0.102. The van der Waals surface area contributed by atoms with Crippen LogP contribution in [0.3, 0.4) is 0 Å². The third-order valence-electron chi connectivity index (χ3n) is 3.78. The van der Waals surface area contributed by atoms with Gasteiger partial charge in [-0.2, -0.15) is 0 Å². The summed E-state index contributed by atoms with van der Waals surface area (Å²) >= 11 is 1.11. The van der Waals surface area contributed by atoms with Gasteiger partial charge in [0.05, 0.1) is 10.2 Å². The van der Waals surface area contributed by atoms with E-state index in [9.17, 15) is 9.59 Å². The quantitative estimate of drug-likeness (QED) is 0.680. The molecule has 2 aromatic carbocycles. The Balaban J connectivity index is 1.61. The Kier molecular flexibility index (Phi) is 3.06. The van der Waals surface area contributed by atoms with E-state index in [1.807, 2.05) is 18.2 Å². The molecule has 0 spiro atoms. The van der Waals surface area contributed by atoms with Crippen LogP contribution in [0.4, 0.5) is 5.69 Å². The summed E-state index contributed by atoms with van der Waals surface area (Å²) in [6, 6.07) is 11.2. The summed E-state index contributed by atoms with van der Waals surface area (Å²) in [6.45, 7) is 1.72.